The first-order chi connectivity index (χ1) is 16.6. The van der Waals surface area contributed by atoms with Crippen LogP contribution in [0.25, 0.3) is 0 Å². The molecule has 2 fully saturated rings. The van der Waals surface area contributed by atoms with E-state index in [1.165, 1.54) is 12.1 Å². The average Bonchev–Trinajstić information content (AvgIpc) is 2.85. The number of ether oxygens (including phenoxy) is 1. The molecule has 1 aromatic carbocycles. The highest BCUT2D eigenvalue weighted by Gasteiger charge is 2.29. The van der Waals surface area contributed by atoms with Crippen molar-refractivity contribution in [3.05, 3.63) is 53.4 Å². The van der Waals surface area contributed by atoms with E-state index >= 15 is 0 Å². The molecule has 0 spiro atoms. The van der Waals surface area contributed by atoms with Gasteiger partial charge in [-0.15, -0.1) is 0 Å². The van der Waals surface area contributed by atoms with Crippen molar-refractivity contribution in [2.45, 2.75) is 13.0 Å². The van der Waals surface area contributed by atoms with Crippen molar-refractivity contribution in [3.63, 3.8) is 0 Å². The molecule has 11 heteroatoms. The van der Waals surface area contributed by atoms with Crippen molar-refractivity contribution in [1.29, 1.82) is 0 Å². The standard InChI is InChI=1S/C23H26ClFN8O/c1-16-15-32(20-19(24)6-3-7-26-20)8-9-33(16)23-29-21(27-18-5-2-4-17(25)14-18)28-22(30-23)31-10-12-34-13-11-31/h2-7,14,16H,8-13,15H2,1H3,(H,27,28,29,30)/t16-/m1/s1. The lowest BCUT2D eigenvalue weighted by Crippen LogP contribution is -2.53. The molecule has 1 N–H and O–H groups in total. The van der Waals surface area contributed by atoms with Crippen LogP contribution in [0, 0.1) is 5.82 Å². The second-order valence-corrected chi connectivity index (χ2v) is 8.70. The molecule has 2 aromatic heterocycles. The normalized spacial score (nSPS) is 18.8. The minimum atomic E-state index is -0.328. The molecule has 3 aromatic rings. The van der Waals surface area contributed by atoms with Crippen molar-refractivity contribution >= 4 is 41.0 Å². The lowest BCUT2D eigenvalue weighted by molar-refractivity contribution is 0.122. The molecule has 9 nitrogen and oxygen atoms in total. The van der Waals surface area contributed by atoms with Crippen LogP contribution >= 0.6 is 11.6 Å². The summed E-state index contributed by atoms with van der Waals surface area (Å²) in [4.78, 5) is 25.0. The number of halogens is 2. The molecule has 2 saturated heterocycles. The largest absolute Gasteiger partial charge is 0.378 e. The van der Waals surface area contributed by atoms with E-state index in [-0.39, 0.29) is 11.9 Å². The predicted molar refractivity (Wildman–Crippen MR) is 131 cm³/mol. The first-order valence-electron chi connectivity index (χ1n) is 11.3. The monoisotopic (exact) mass is 484 g/mol. The van der Waals surface area contributed by atoms with Crippen molar-refractivity contribution in [2.75, 3.05) is 66.0 Å². The van der Waals surface area contributed by atoms with Gasteiger partial charge in [-0.25, -0.2) is 9.37 Å². The maximum absolute atomic E-state index is 13.7. The Hall–Kier alpha value is -3.24. The number of piperazine rings is 1. The van der Waals surface area contributed by atoms with Crippen molar-refractivity contribution in [2.24, 2.45) is 0 Å². The predicted octanol–water partition coefficient (Wildman–Crippen LogP) is 3.35. The minimum Gasteiger partial charge on any atom is -0.378 e. The molecule has 34 heavy (non-hydrogen) atoms. The van der Waals surface area contributed by atoms with Crippen LogP contribution in [0.4, 0.5) is 33.7 Å². The number of pyridine rings is 1. The number of hydrogen-bond acceptors (Lipinski definition) is 9. The van der Waals surface area contributed by atoms with Crippen LogP contribution < -0.4 is 20.0 Å². The number of nitrogens with zero attached hydrogens (tertiary/aromatic N) is 7. The second kappa shape index (κ2) is 9.94. The molecule has 0 bridgehead atoms. The molecular weight excluding hydrogens is 459 g/mol. The van der Waals surface area contributed by atoms with Gasteiger partial charge in [0.25, 0.3) is 0 Å². The Bertz CT molecular complexity index is 1150. The van der Waals surface area contributed by atoms with E-state index in [1.807, 2.05) is 12.1 Å². The van der Waals surface area contributed by atoms with Crippen LogP contribution in [-0.2, 0) is 4.74 Å². The summed E-state index contributed by atoms with van der Waals surface area (Å²) in [6.45, 7) is 6.91. The molecule has 4 heterocycles. The minimum absolute atomic E-state index is 0.105. The summed E-state index contributed by atoms with van der Waals surface area (Å²) in [5.41, 5.74) is 0.577. The molecule has 0 unspecified atom stereocenters. The number of benzene rings is 1. The third kappa shape index (κ3) is 4.97. The van der Waals surface area contributed by atoms with Gasteiger partial charge in [-0.3, -0.25) is 0 Å². The molecule has 0 amide bonds. The average molecular weight is 485 g/mol. The summed E-state index contributed by atoms with van der Waals surface area (Å²) in [5.74, 6) is 1.99. The van der Waals surface area contributed by atoms with E-state index in [0.717, 1.165) is 18.9 Å². The SMILES string of the molecule is C[C@@H]1CN(c2ncccc2Cl)CCN1c1nc(Nc2cccc(F)c2)nc(N2CCOCC2)n1. The Balaban J connectivity index is 1.42. The lowest BCUT2D eigenvalue weighted by atomic mass is 10.2. The summed E-state index contributed by atoms with van der Waals surface area (Å²) in [7, 11) is 0. The van der Waals surface area contributed by atoms with Crippen LogP contribution in [0.15, 0.2) is 42.6 Å². The van der Waals surface area contributed by atoms with Crippen LogP contribution in [-0.4, -0.2) is 71.9 Å². The van der Waals surface area contributed by atoms with E-state index in [4.69, 9.17) is 26.3 Å². The zero-order valence-electron chi connectivity index (χ0n) is 18.9. The van der Waals surface area contributed by atoms with Gasteiger partial charge < -0.3 is 24.8 Å². The fourth-order valence-electron chi connectivity index (χ4n) is 4.20. The van der Waals surface area contributed by atoms with Gasteiger partial charge in [0.1, 0.15) is 11.6 Å². The molecule has 0 saturated carbocycles. The van der Waals surface area contributed by atoms with Crippen molar-refractivity contribution in [1.82, 2.24) is 19.9 Å². The first-order valence-corrected chi connectivity index (χ1v) is 11.7. The number of morpholine rings is 1. The van der Waals surface area contributed by atoms with Gasteiger partial charge in [-0.05, 0) is 37.3 Å². The zero-order chi connectivity index (χ0) is 23.5. The third-order valence-corrected chi connectivity index (χ3v) is 6.20. The van der Waals surface area contributed by atoms with Crippen LogP contribution in [0.5, 0.6) is 0 Å². The van der Waals surface area contributed by atoms with Crippen LogP contribution in [0.1, 0.15) is 6.92 Å². The van der Waals surface area contributed by atoms with E-state index in [1.54, 1.807) is 18.3 Å². The van der Waals surface area contributed by atoms with Gasteiger partial charge in [-0.1, -0.05) is 17.7 Å². The third-order valence-electron chi connectivity index (χ3n) is 5.91. The quantitative estimate of drug-likeness (QED) is 0.586. The molecule has 0 aliphatic carbocycles. The summed E-state index contributed by atoms with van der Waals surface area (Å²) >= 11 is 6.37. The fraction of sp³-hybridized carbons (Fsp3) is 0.391. The number of rotatable bonds is 5. The Morgan fingerprint density at radius 3 is 2.59 bits per heavy atom. The molecule has 5 rings (SSSR count). The summed E-state index contributed by atoms with van der Waals surface area (Å²) in [6, 6.07) is 10.0. The molecule has 0 radical (unpaired) electrons. The highest BCUT2D eigenvalue weighted by Crippen LogP contribution is 2.28. The number of anilines is 5. The Morgan fingerprint density at radius 1 is 1.00 bits per heavy atom. The summed E-state index contributed by atoms with van der Waals surface area (Å²) < 4.78 is 19.2. The van der Waals surface area contributed by atoms with Crippen molar-refractivity contribution < 1.29 is 9.13 Å². The van der Waals surface area contributed by atoms with E-state index in [2.05, 4.69) is 36.9 Å². The van der Waals surface area contributed by atoms with Gasteiger partial charge in [0, 0.05) is 50.6 Å². The number of aromatic nitrogens is 4. The van der Waals surface area contributed by atoms with E-state index in [0.29, 0.717) is 61.4 Å². The molecule has 2 aliphatic heterocycles. The second-order valence-electron chi connectivity index (χ2n) is 8.29. The molecule has 178 valence electrons. The Morgan fingerprint density at radius 2 is 1.82 bits per heavy atom. The number of nitrogens with one attached hydrogen (secondary N) is 1. The smallest absolute Gasteiger partial charge is 0.233 e. The molecule has 1 atom stereocenters. The number of hydrogen-bond donors (Lipinski definition) is 1. The maximum Gasteiger partial charge on any atom is 0.233 e. The summed E-state index contributed by atoms with van der Waals surface area (Å²) in [6.07, 6.45) is 1.75. The highest BCUT2D eigenvalue weighted by molar-refractivity contribution is 6.32. The van der Waals surface area contributed by atoms with Gasteiger partial charge >= 0.3 is 0 Å². The van der Waals surface area contributed by atoms with E-state index in [9.17, 15) is 4.39 Å². The maximum atomic E-state index is 13.7. The fourth-order valence-corrected chi connectivity index (χ4v) is 4.44. The highest BCUT2D eigenvalue weighted by atomic mass is 35.5. The van der Waals surface area contributed by atoms with Crippen molar-refractivity contribution in [3.8, 4) is 0 Å². The zero-order valence-corrected chi connectivity index (χ0v) is 19.6. The first kappa shape index (κ1) is 22.5. The van der Waals surface area contributed by atoms with Gasteiger partial charge in [-0.2, -0.15) is 15.0 Å². The van der Waals surface area contributed by atoms with Gasteiger partial charge in [0.05, 0.1) is 18.2 Å². The van der Waals surface area contributed by atoms with Crippen LogP contribution in [0.3, 0.4) is 0 Å². The lowest BCUT2D eigenvalue weighted by Gasteiger charge is -2.40. The Labute approximate surface area is 202 Å². The summed E-state index contributed by atoms with van der Waals surface area (Å²) in [5, 5.41) is 3.77. The molecule has 2 aliphatic rings. The van der Waals surface area contributed by atoms with Crippen LogP contribution in [0.2, 0.25) is 5.02 Å². The van der Waals surface area contributed by atoms with E-state index < -0.39 is 0 Å². The molecular formula is C23H26ClFN8O. The Kier molecular flexibility index (Phi) is 6.59. The van der Waals surface area contributed by atoms with Gasteiger partial charge in [0.15, 0.2) is 0 Å². The van der Waals surface area contributed by atoms with Gasteiger partial charge in [0.2, 0.25) is 17.8 Å². The topological polar surface area (TPSA) is 82.5 Å².